The van der Waals surface area contributed by atoms with E-state index in [-0.39, 0.29) is 11.8 Å². The molecule has 4 aromatic rings. The molecule has 5 rings (SSSR count). The van der Waals surface area contributed by atoms with Gasteiger partial charge in [0.1, 0.15) is 5.01 Å². The lowest BCUT2D eigenvalue weighted by atomic mass is 10.1. The second-order valence-electron chi connectivity index (χ2n) is 7.53. The lowest BCUT2D eigenvalue weighted by Crippen LogP contribution is -2.28. The van der Waals surface area contributed by atoms with Crippen molar-refractivity contribution in [3.05, 3.63) is 88.9 Å². The fourth-order valence-electron chi connectivity index (χ4n) is 3.81. The Bertz CT molecular complexity index is 1250. The minimum atomic E-state index is -0.0661. The van der Waals surface area contributed by atoms with Gasteiger partial charge in [-0.05, 0) is 54.4 Å². The first kappa shape index (κ1) is 20.7. The molecule has 1 aromatic heterocycles. The van der Waals surface area contributed by atoms with Crippen LogP contribution < -0.4 is 10.2 Å². The van der Waals surface area contributed by atoms with E-state index in [0.29, 0.717) is 29.3 Å². The summed E-state index contributed by atoms with van der Waals surface area (Å²) in [6.07, 6.45) is 0.880. The summed E-state index contributed by atoms with van der Waals surface area (Å²) in [6, 6.07) is 23.2. The van der Waals surface area contributed by atoms with Crippen molar-refractivity contribution >= 4 is 56.5 Å². The maximum atomic E-state index is 12.9. The van der Waals surface area contributed by atoms with E-state index in [0.717, 1.165) is 22.6 Å². The molecule has 7 heteroatoms. The number of thioether (sulfide) groups is 1. The summed E-state index contributed by atoms with van der Waals surface area (Å²) in [6.45, 7) is 0.697. The summed E-state index contributed by atoms with van der Waals surface area (Å²) in [5.74, 6) is 0.974. The van der Waals surface area contributed by atoms with E-state index in [4.69, 9.17) is 0 Å². The molecule has 2 amide bonds. The van der Waals surface area contributed by atoms with Gasteiger partial charge < -0.3 is 10.2 Å². The highest BCUT2D eigenvalue weighted by atomic mass is 32.2. The number of carbonyl (C=O) groups is 2. The van der Waals surface area contributed by atoms with E-state index in [1.807, 2.05) is 41.3 Å². The third-order valence-electron chi connectivity index (χ3n) is 5.34. The number of carbonyl (C=O) groups excluding carboxylic acids is 2. The minimum absolute atomic E-state index is 0.0146. The van der Waals surface area contributed by atoms with Crippen molar-refractivity contribution in [3.63, 3.8) is 0 Å². The SMILES string of the molecule is O=C(CSCc1nc2ccccc2s1)Nc1ccc(C(=O)N2CCc3ccccc32)cc1. The topological polar surface area (TPSA) is 62.3 Å². The van der Waals surface area contributed by atoms with Crippen LogP contribution in [0.3, 0.4) is 0 Å². The maximum absolute atomic E-state index is 12.9. The molecule has 0 saturated carbocycles. The molecule has 2 heterocycles. The summed E-state index contributed by atoms with van der Waals surface area (Å²) in [5.41, 5.74) is 4.50. The number of rotatable bonds is 6. The number of hydrogen-bond acceptors (Lipinski definition) is 5. The first-order chi connectivity index (χ1) is 15.7. The van der Waals surface area contributed by atoms with Crippen molar-refractivity contribution in [2.75, 3.05) is 22.5 Å². The highest BCUT2D eigenvalue weighted by molar-refractivity contribution is 7.99. The second kappa shape index (κ2) is 9.14. The molecule has 1 aliphatic rings. The Kier molecular flexibility index (Phi) is 5.92. The Morgan fingerprint density at radius 3 is 2.62 bits per heavy atom. The van der Waals surface area contributed by atoms with E-state index < -0.39 is 0 Å². The predicted molar refractivity (Wildman–Crippen MR) is 133 cm³/mol. The van der Waals surface area contributed by atoms with Gasteiger partial charge in [-0.25, -0.2) is 4.98 Å². The van der Waals surface area contributed by atoms with Crippen LogP contribution in [0.1, 0.15) is 20.9 Å². The number of hydrogen-bond donors (Lipinski definition) is 1. The monoisotopic (exact) mass is 459 g/mol. The van der Waals surface area contributed by atoms with Crippen LogP contribution in [0.15, 0.2) is 72.8 Å². The maximum Gasteiger partial charge on any atom is 0.258 e. The van der Waals surface area contributed by atoms with E-state index in [1.165, 1.54) is 10.3 Å². The van der Waals surface area contributed by atoms with E-state index >= 15 is 0 Å². The Labute approximate surface area is 194 Å². The molecule has 1 N–H and O–H groups in total. The standard InChI is InChI=1S/C25H21N3O2S2/c29-23(15-31-16-24-27-20-6-2-4-8-22(20)32-24)26-19-11-9-18(10-12-19)25(30)28-14-13-17-5-1-3-7-21(17)28/h1-12H,13-16H2,(H,26,29). The zero-order chi connectivity index (χ0) is 21.9. The second-order valence-corrected chi connectivity index (χ2v) is 9.63. The Morgan fingerprint density at radius 1 is 1.00 bits per heavy atom. The number of benzene rings is 3. The van der Waals surface area contributed by atoms with Crippen molar-refractivity contribution in [3.8, 4) is 0 Å². The summed E-state index contributed by atoms with van der Waals surface area (Å²) in [4.78, 5) is 31.6. The minimum Gasteiger partial charge on any atom is -0.325 e. The molecule has 0 unspecified atom stereocenters. The highest BCUT2D eigenvalue weighted by Crippen LogP contribution is 2.29. The Hall–Kier alpha value is -3.16. The van der Waals surface area contributed by atoms with Gasteiger partial charge in [-0.15, -0.1) is 23.1 Å². The molecule has 3 aromatic carbocycles. The van der Waals surface area contributed by atoms with Gasteiger partial charge in [-0.1, -0.05) is 30.3 Å². The van der Waals surface area contributed by atoms with Gasteiger partial charge in [0.05, 0.1) is 16.0 Å². The van der Waals surface area contributed by atoms with Crippen LogP contribution in [-0.2, 0) is 17.0 Å². The first-order valence-corrected chi connectivity index (χ1v) is 12.4. The van der Waals surface area contributed by atoms with Crippen LogP contribution in [-0.4, -0.2) is 29.1 Å². The number of aromatic nitrogens is 1. The number of thiazole rings is 1. The van der Waals surface area contributed by atoms with Gasteiger partial charge in [0, 0.05) is 29.2 Å². The van der Waals surface area contributed by atoms with Crippen molar-refractivity contribution < 1.29 is 9.59 Å². The van der Waals surface area contributed by atoms with Crippen molar-refractivity contribution in [1.29, 1.82) is 0 Å². The molecule has 0 atom stereocenters. The zero-order valence-corrected chi connectivity index (χ0v) is 18.9. The molecule has 1 aliphatic heterocycles. The van der Waals surface area contributed by atoms with Gasteiger partial charge in [-0.2, -0.15) is 0 Å². The predicted octanol–water partition coefficient (Wildman–Crippen LogP) is 5.37. The summed E-state index contributed by atoms with van der Waals surface area (Å²) >= 11 is 3.21. The van der Waals surface area contributed by atoms with Gasteiger partial charge >= 0.3 is 0 Å². The van der Waals surface area contributed by atoms with Crippen molar-refractivity contribution in [2.24, 2.45) is 0 Å². The quantitative estimate of drug-likeness (QED) is 0.421. The van der Waals surface area contributed by atoms with Crippen LogP contribution in [0.2, 0.25) is 0 Å². The molecule has 0 fully saturated rings. The molecular weight excluding hydrogens is 438 g/mol. The lowest BCUT2D eigenvalue weighted by molar-refractivity contribution is -0.113. The lowest BCUT2D eigenvalue weighted by Gasteiger charge is -2.17. The summed E-state index contributed by atoms with van der Waals surface area (Å²) in [5, 5.41) is 3.93. The number of nitrogens with zero attached hydrogens (tertiary/aromatic N) is 2. The number of para-hydroxylation sites is 2. The molecule has 32 heavy (non-hydrogen) atoms. The summed E-state index contributed by atoms with van der Waals surface area (Å²) in [7, 11) is 0. The third kappa shape index (κ3) is 4.40. The number of fused-ring (bicyclic) bond motifs is 2. The van der Waals surface area contributed by atoms with Crippen LogP contribution in [0, 0.1) is 0 Å². The van der Waals surface area contributed by atoms with Crippen LogP contribution >= 0.6 is 23.1 Å². The van der Waals surface area contributed by atoms with Gasteiger partial charge in [0.15, 0.2) is 0 Å². The molecule has 160 valence electrons. The number of amides is 2. The van der Waals surface area contributed by atoms with Crippen molar-refractivity contribution in [2.45, 2.75) is 12.2 Å². The molecular formula is C25H21N3O2S2. The Balaban J connectivity index is 1.14. The number of nitrogens with one attached hydrogen (secondary N) is 1. The van der Waals surface area contributed by atoms with Crippen LogP contribution in [0.5, 0.6) is 0 Å². The van der Waals surface area contributed by atoms with Gasteiger partial charge in [0.2, 0.25) is 5.91 Å². The molecule has 0 bridgehead atoms. The largest absolute Gasteiger partial charge is 0.325 e. The van der Waals surface area contributed by atoms with E-state index in [2.05, 4.69) is 22.4 Å². The third-order valence-corrected chi connectivity index (χ3v) is 7.51. The average Bonchev–Trinajstić information content (AvgIpc) is 3.43. The summed E-state index contributed by atoms with van der Waals surface area (Å²) < 4.78 is 1.17. The number of anilines is 2. The highest BCUT2D eigenvalue weighted by Gasteiger charge is 2.25. The fraction of sp³-hybridized carbons (Fsp3) is 0.160. The molecule has 0 spiro atoms. The zero-order valence-electron chi connectivity index (χ0n) is 17.3. The first-order valence-electron chi connectivity index (χ1n) is 10.4. The molecule has 0 aliphatic carbocycles. The fourth-order valence-corrected chi connectivity index (χ4v) is 5.66. The molecule has 0 radical (unpaired) electrons. The van der Waals surface area contributed by atoms with E-state index in [9.17, 15) is 9.59 Å². The van der Waals surface area contributed by atoms with Gasteiger partial charge in [0.25, 0.3) is 5.91 Å². The molecule has 5 nitrogen and oxygen atoms in total. The van der Waals surface area contributed by atoms with Crippen molar-refractivity contribution in [1.82, 2.24) is 4.98 Å². The van der Waals surface area contributed by atoms with Gasteiger partial charge in [-0.3, -0.25) is 9.59 Å². The van der Waals surface area contributed by atoms with Crippen LogP contribution in [0.25, 0.3) is 10.2 Å². The average molecular weight is 460 g/mol. The smallest absolute Gasteiger partial charge is 0.258 e. The van der Waals surface area contributed by atoms with Crippen LogP contribution in [0.4, 0.5) is 11.4 Å². The van der Waals surface area contributed by atoms with E-state index in [1.54, 1.807) is 47.4 Å². The normalized spacial score (nSPS) is 12.7. The Morgan fingerprint density at radius 2 is 1.78 bits per heavy atom. The molecule has 0 saturated heterocycles.